The molecule has 0 spiro atoms. The van der Waals surface area contributed by atoms with Gasteiger partial charge in [-0.15, -0.1) is 0 Å². The van der Waals surface area contributed by atoms with Crippen molar-refractivity contribution in [2.24, 2.45) is 18.4 Å². The molecule has 1 amide bonds. The van der Waals surface area contributed by atoms with Crippen LogP contribution in [0.1, 0.15) is 70.4 Å². The molecule has 5 nitrogen and oxygen atoms in total. The molecule has 0 bridgehead atoms. The van der Waals surface area contributed by atoms with E-state index in [0.29, 0.717) is 23.7 Å². The number of carbonyl (C=O) groups is 1. The molecular formula is C19H31N3O2. The standard InChI is InChI=1S/C19H31N3O2/c1-19(2)8-4-6-14(12-19)10-18(23)20-17-11-16(21-22(17)3)15-7-5-9-24-13-15/h11,14-15H,4-10,12-13H2,1-3H3,(H,20,23)/t14-,15-/m0/s1. The number of ether oxygens (including phenoxy) is 1. The highest BCUT2D eigenvalue weighted by Crippen LogP contribution is 2.39. The number of hydrogen-bond acceptors (Lipinski definition) is 3. The second-order valence-corrected chi connectivity index (χ2v) is 8.37. The van der Waals surface area contributed by atoms with E-state index in [2.05, 4.69) is 24.3 Å². The van der Waals surface area contributed by atoms with Crippen molar-refractivity contribution in [3.05, 3.63) is 11.8 Å². The van der Waals surface area contributed by atoms with Crippen LogP contribution in [-0.2, 0) is 16.6 Å². The third-order valence-electron chi connectivity index (χ3n) is 5.53. The van der Waals surface area contributed by atoms with E-state index < -0.39 is 0 Å². The number of amides is 1. The lowest BCUT2D eigenvalue weighted by molar-refractivity contribution is -0.117. The third kappa shape index (κ3) is 4.38. The van der Waals surface area contributed by atoms with Gasteiger partial charge in [-0.25, -0.2) is 0 Å². The maximum absolute atomic E-state index is 12.5. The Balaban J connectivity index is 1.57. The lowest BCUT2D eigenvalue weighted by Gasteiger charge is -2.34. The molecule has 2 atom stereocenters. The lowest BCUT2D eigenvalue weighted by atomic mass is 9.71. The van der Waals surface area contributed by atoms with Crippen LogP contribution in [0.15, 0.2) is 6.07 Å². The number of nitrogens with zero attached hydrogens (tertiary/aromatic N) is 2. The maximum atomic E-state index is 12.5. The topological polar surface area (TPSA) is 56.1 Å². The minimum absolute atomic E-state index is 0.118. The van der Waals surface area contributed by atoms with Crippen molar-refractivity contribution in [1.29, 1.82) is 0 Å². The van der Waals surface area contributed by atoms with Gasteiger partial charge in [0, 0.05) is 32.1 Å². The Labute approximate surface area is 145 Å². The summed E-state index contributed by atoms with van der Waals surface area (Å²) in [7, 11) is 1.90. The molecule has 2 heterocycles. The molecule has 1 saturated heterocycles. The zero-order valence-electron chi connectivity index (χ0n) is 15.3. The smallest absolute Gasteiger partial charge is 0.225 e. The first kappa shape index (κ1) is 17.5. The van der Waals surface area contributed by atoms with Crippen LogP contribution in [-0.4, -0.2) is 28.9 Å². The summed E-state index contributed by atoms with van der Waals surface area (Å²) < 4.78 is 7.33. The monoisotopic (exact) mass is 333 g/mol. The summed E-state index contributed by atoms with van der Waals surface area (Å²) in [4.78, 5) is 12.5. The molecule has 134 valence electrons. The molecule has 5 heteroatoms. The Bertz CT molecular complexity index is 573. The number of aryl methyl sites for hydroxylation is 1. The van der Waals surface area contributed by atoms with Gasteiger partial charge in [-0.2, -0.15) is 5.10 Å². The first-order chi connectivity index (χ1) is 11.4. The molecule has 24 heavy (non-hydrogen) atoms. The van der Waals surface area contributed by atoms with Crippen molar-refractivity contribution in [3.63, 3.8) is 0 Å². The molecule has 1 aliphatic heterocycles. The van der Waals surface area contributed by atoms with Gasteiger partial charge >= 0.3 is 0 Å². The zero-order chi connectivity index (χ0) is 17.2. The van der Waals surface area contributed by atoms with E-state index in [4.69, 9.17) is 4.74 Å². The predicted octanol–water partition coefficient (Wildman–Crippen LogP) is 3.86. The van der Waals surface area contributed by atoms with E-state index >= 15 is 0 Å². The van der Waals surface area contributed by atoms with Crippen molar-refractivity contribution < 1.29 is 9.53 Å². The largest absolute Gasteiger partial charge is 0.381 e. The molecule has 1 aromatic rings. The van der Waals surface area contributed by atoms with Crippen LogP contribution in [0.4, 0.5) is 5.82 Å². The highest BCUT2D eigenvalue weighted by Gasteiger charge is 2.29. The second-order valence-electron chi connectivity index (χ2n) is 8.37. The molecule has 1 N–H and O–H groups in total. The highest BCUT2D eigenvalue weighted by atomic mass is 16.5. The molecule has 1 aromatic heterocycles. The van der Waals surface area contributed by atoms with E-state index in [1.807, 2.05) is 13.1 Å². The quantitative estimate of drug-likeness (QED) is 0.910. The lowest BCUT2D eigenvalue weighted by Crippen LogP contribution is -2.26. The maximum Gasteiger partial charge on any atom is 0.225 e. The fraction of sp³-hybridized carbons (Fsp3) is 0.789. The Kier molecular flexibility index (Phi) is 5.28. The van der Waals surface area contributed by atoms with E-state index in [-0.39, 0.29) is 5.91 Å². The molecular weight excluding hydrogens is 302 g/mol. The summed E-state index contributed by atoms with van der Waals surface area (Å²) in [5.74, 6) is 1.78. The number of hydrogen-bond donors (Lipinski definition) is 1. The number of rotatable bonds is 4. The van der Waals surface area contributed by atoms with Gasteiger partial charge in [0.05, 0.1) is 12.3 Å². The first-order valence-corrected chi connectivity index (χ1v) is 9.34. The minimum atomic E-state index is 0.118. The fourth-order valence-corrected chi connectivity index (χ4v) is 4.27. The summed E-state index contributed by atoms with van der Waals surface area (Å²) >= 11 is 0. The Morgan fingerprint density at radius 2 is 2.25 bits per heavy atom. The van der Waals surface area contributed by atoms with Crippen LogP contribution < -0.4 is 5.32 Å². The summed E-state index contributed by atoms with van der Waals surface area (Å²) in [5, 5.41) is 7.64. The molecule has 0 aromatic carbocycles. The van der Waals surface area contributed by atoms with Gasteiger partial charge in [-0.1, -0.05) is 20.3 Å². The van der Waals surface area contributed by atoms with E-state index in [9.17, 15) is 4.79 Å². The molecule has 1 saturated carbocycles. The first-order valence-electron chi connectivity index (χ1n) is 9.34. The zero-order valence-corrected chi connectivity index (χ0v) is 15.3. The predicted molar refractivity (Wildman–Crippen MR) is 95.0 cm³/mol. The fourth-order valence-electron chi connectivity index (χ4n) is 4.27. The van der Waals surface area contributed by atoms with Crippen molar-refractivity contribution in [1.82, 2.24) is 9.78 Å². The summed E-state index contributed by atoms with van der Waals surface area (Å²) in [5.41, 5.74) is 1.41. The summed E-state index contributed by atoms with van der Waals surface area (Å²) in [6.45, 7) is 6.22. The summed E-state index contributed by atoms with van der Waals surface area (Å²) in [6, 6.07) is 2.02. The number of aromatic nitrogens is 2. The van der Waals surface area contributed by atoms with Gasteiger partial charge in [-0.05, 0) is 43.4 Å². The van der Waals surface area contributed by atoms with Crippen LogP contribution in [0.25, 0.3) is 0 Å². The van der Waals surface area contributed by atoms with Gasteiger partial charge in [0.1, 0.15) is 5.82 Å². The summed E-state index contributed by atoms with van der Waals surface area (Å²) in [6.07, 6.45) is 7.66. The number of anilines is 1. The molecule has 2 fully saturated rings. The Morgan fingerprint density at radius 3 is 2.96 bits per heavy atom. The van der Waals surface area contributed by atoms with E-state index in [1.165, 1.54) is 19.3 Å². The van der Waals surface area contributed by atoms with Gasteiger partial charge in [-0.3, -0.25) is 9.48 Å². The average molecular weight is 333 g/mol. The van der Waals surface area contributed by atoms with Crippen LogP contribution >= 0.6 is 0 Å². The average Bonchev–Trinajstić information content (AvgIpc) is 2.88. The minimum Gasteiger partial charge on any atom is -0.381 e. The third-order valence-corrected chi connectivity index (χ3v) is 5.53. The van der Waals surface area contributed by atoms with Crippen LogP contribution in [0.3, 0.4) is 0 Å². The molecule has 0 radical (unpaired) electrons. The van der Waals surface area contributed by atoms with E-state index in [0.717, 1.165) is 44.0 Å². The van der Waals surface area contributed by atoms with Crippen LogP contribution in [0, 0.1) is 11.3 Å². The van der Waals surface area contributed by atoms with E-state index in [1.54, 1.807) is 4.68 Å². The van der Waals surface area contributed by atoms with Crippen LogP contribution in [0.2, 0.25) is 0 Å². The molecule has 1 aliphatic carbocycles. The van der Waals surface area contributed by atoms with Gasteiger partial charge in [0.2, 0.25) is 5.91 Å². The SMILES string of the molecule is Cn1nc([C@H]2CCCOC2)cc1NC(=O)C[C@@H]1CCCC(C)(C)C1. The van der Waals surface area contributed by atoms with Crippen molar-refractivity contribution in [3.8, 4) is 0 Å². The number of nitrogens with one attached hydrogen (secondary N) is 1. The van der Waals surface area contributed by atoms with Gasteiger partial charge in [0.25, 0.3) is 0 Å². The normalized spacial score (nSPS) is 27.0. The number of carbonyl (C=O) groups excluding carboxylic acids is 1. The Morgan fingerprint density at radius 1 is 1.42 bits per heavy atom. The van der Waals surface area contributed by atoms with Crippen molar-refractivity contribution in [2.75, 3.05) is 18.5 Å². The Hall–Kier alpha value is -1.36. The molecule has 2 aliphatic rings. The van der Waals surface area contributed by atoms with Crippen LogP contribution in [0.5, 0.6) is 0 Å². The van der Waals surface area contributed by atoms with Crippen molar-refractivity contribution in [2.45, 2.75) is 64.7 Å². The molecule has 3 rings (SSSR count). The molecule has 0 unspecified atom stereocenters. The second kappa shape index (κ2) is 7.26. The van der Waals surface area contributed by atoms with Gasteiger partial charge in [0.15, 0.2) is 0 Å². The van der Waals surface area contributed by atoms with Gasteiger partial charge < -0.3 is 10.1 Å². The van der Waals surface area contributed by atoms with Crippen molar-refractivity contribution >= 4 is 11.7 Å². The highest BCUT2D eigenvalue weighted by molar-refractivity contribution is 5.90.